The molecule has 1 saturated heterocycles. The van der Waals surface area contributed by atoms with Gasteiger partial charge in [-0.1, -0.05) is 6.07 Å². The smallest absolute Gasteiger partial charge is 0.128 e. The van der Waals surface area contributed by atoms with Crippen molar-refractivity contribution in [3.8, 4) is 0 Å². The van der Waals surface area contributed by atoms with Crippen LogP contribution >= 0.6 is 0 Å². The van der Waals surface area contributed by atoms with E-state index >= 15 is 0 Å². The lowest BCUT2D eigenvalue weighted by molar-refractivity contribution is 0.371. The van der Waals surface area contributed by atoms with Crippen LogP contribution in [0.5, 0.6) is 0 Å². The molecule has 0 radical (unpaired) electrons. The molecule has 4 nitrogen and oxygen atoms in total. The number of aromatic nitrogens is 1. The van der Waals surface area contributed by atoms with Crippen LogP contribution in [0.25, 0.3) is 0 Å². The fourth-order valence-electron chi connectivity index (χ4n) is 2.64. The molecule has 1 fully saturated rings. The number of pyridine rings is 1. The lowest BCUT2D eigenvalue weighted by Crippen LogP contribution is -2.46. The summed E-state index contributed by atoms with van der Waals surface area (Å²) in [5.41, 5.74) is 0. The third-order valence-corrected chi connectivity index (χ3v) is 4.64. The highest BCUT2D eigenvalue weighted by atomic mass is 32.2. The Morgan fingerprint density at radius 2 is 2.20 bits per heavy atom. The number of rotatable bonds is 6. The minimum absolute atomic E-state index is 0.449. The summed E-state index contributed by atoms with van der Waals surface area (Å²) in [6.45, 7) is 4.31. The fraction of sp³-hybridized carbons (Fsp3) is 0.667. The summed E-state index contributed by atoms with van der Waals surface area (Å²) in [6.07, 6.45) is 6.92. The minimum atomic E-state index is -0.680. The van der Waals surface area contributed by atoms with Crippen LogP contribution in [0, 0.1) is 0 Å². The predicted molar refractivity (Wildman–Crippen MR) is 85.6 cm³/mol. The first-order valence-corrected chi connectivity index (χ1v) is 9.10. The number of nitrogens with zero attached hydrogens (tertiary/aromatic N) is 2. The van der Waals surface area contributed by atoms with Crippen molar-refractivity contribution in [2.45, 2.75) is 38.3 Å². The van der Waals surface area contributed by atoms with Crippen LogP contribution in [0.1, 0.15) is 26.2 Å². The molecule has 0 aromatic carbocycles. The van der Waals surface area contributed by atoms with Gasteiger partial charge in [-0.15, -0.1) is 0 Å². The second-order valence-electron chi connectivity index (χ2n) is 5.58. The highest BCUT2D eigenvalue weighted by molar-refractivity contribution is 7.84. The number of piperidine rings is 1. The first kappa shape index (κ1) is 15.4. The van der Waals surface area contributed by atoms with Gasteiger partial charge in [-0.3, -0.25) is 4.21 Å². The summed E-state index contributed by atoms with van der Waals surface area (Å²) in [4.78, 5) is 6.76. The van der Waals surface area contributed by atoms with Gasteiger partial charge in [0.2, 0.25) is 0 Å². The summed E-state index contributed by atoms with van der Waals surface area (Å²) >= 11 is 0. The molecular formula is C15H25N3OS. The van der Waals surface area contributed by atoms with E-state index in [0.717, 1.165) is 43.9 Å². The highest BCUT2D eigenvalue weighted by Gasteiger charge is 2.20. The van der Waals surface area contributed by atoms with Crippen LogP contribution in [-0.4, -0.2) is 46.4 Å². The summed E-state index contributed by atoms with van der Waals surface area (Å²) in [7, 11) is -0.680. The van der Waals surface area contributed by atoms with Crippen molar-refractivity contribution in [3.63, 3.8) is 0 Å². The van der Waals surface area contributed by atoms with Crippen LogP contribution in [0.4, 0.5) is 5.82 Å². The van der Waals surface area contributed by atoms with Crippen molar-refractivity contribution in [3.05, 3.63) is 24.4 Å². The van der Waals surface area contributed by atoms with E-state index in [0.29, 0.717) is 12.1 Å². The summed E-state index contributed by atoms with van der Waals surface area (Å²) in [5.74, 6) is 1.88. The largest absolute Gasteiger partial charge is 0.357 e. The topological polar surface area (TPSA) is 45.2 Å². The van der Waals surface area contributed by atoms with E-state index in [2.05, 4.69) is 28.2 Å². The zero-order chi connectivity index (χ0) is 14.4. The third kappa shape index (κ3) is 4.87. The van der Waals surface area contributed by atoms with Crippen LogP contribution < -0.4 is 10.2 Å². The van der Waals surface area contributed by atoms with Gasteiger partial charge in [0.1, 0.15) is 5.82 Å². The first-order chi connectivity index (χ1) is 9.65. The van der Waals surface area contributed by atoms with Gasteiger partial charge < -0.3 is 10.2 Å². The highest BCUT2D eigenvalue weighted by Crippen LogP contribution is 2.17. The monoisotopic (exact) mass is 295 g/mol. The molecule has 2 unspecified atom stereocenters. The number of anilines is 1. The SMILES string of the molecule is CC(CCS(C)=O)NC1CCN(c2ccccn2)CC1. The predicted octanol–water partition coefficient (Wildman–Crippen LogP) is 1.80. The van der Waals surface area contributed by atoms with E-state index < -0.39 is 10.8 Å². The quantitative estimate of drug-likeness (QED) is 0.869. The zero-order valence-electron chi connectivity index (χ0n) is 12.4. The molecule has 112 valence electrons. The van der Waals surface area contributed by atoms with Crippen molar-refractivity contribution in [1.82, 2.24) is 10.3 Å². The van der Waals surface area contributed by atoms with Crippen LogP contribution in [-0.2, 0) is 10.8 Å². The Labute approximate surface area is 124 Å². The Kier molecular flexibility index (Phi) is 5.98. The van der Waals surface area contributed by atoms with Crippen molar-refractivity contribution in [2.75, 3.05) is 30.0 Å². The Hall–Kier alpha value is -0.940. The molecular weight excluding hydrogens is 270 g/mol. The fourth-order valence-corrected chi connectivity index (χ4v) is 3.33. The molecule has 2 heterocycles. The normalized spacial score (nSPS) is 19.8. The van der Waals surface area contributed by atoms with Gasteiger partial charge in [-0.2, -0.15) is 0 Å². The van der Waals surface area contributed by atoms with Crippen LogP contribution in [0.3, 0.4) is 0 Å². The van der Waals surface area contributed by atoms with Gasteiger partial charge in [0, 0.05) is 54.2 Å². The van der Waals surface area contributed by atoms with E-state index in [4.69, 9.17) is 0 Å². The van der Waals surface area contributed by atoms with E-state index in [1.54, 1.807) is 6.26 Å². The summed E-state index contributed by atoms with van der Waals surface area (Å²) in [6, 6.07) is 7.10. The molecule has 1 aliphatic rings. The van der Waals surface area contributed by atoms with E-state index in [1.165, 1.54) is 0 Å². The van der Waals surface area contributed by atoms with Crippen LogP contribution in [0.2, 0.25) is 0 Å². The van der Waals surface area contributed by atoms with Crippen molar-refractivity contribution >= 4 is 16.6 Å². The average molecular weight is 295 g/mol. The summed E-state index contributed by atoms with van der Waals surface area (Å²) in [5, 5.41) is 3.66. The molecule has 0 spiro atoms. The van der Waals surface area contributed by atoms with Crippen molar-refractivity contribution < 1.29 is 4.21 Å². The molecule has 0 saturated carbocycles. The maximum Gasteiger partial charge on any atom is 0.128 e. The summed E-state index contributed by atoms with van der Waals surface area (Å²) < 4.78 is 11.1. The van der Waals surface area contributed by atoms with E-state index in [1.807, 2.05) is 18.3 Å². The maximum atomic E-state index is 11.1. The van der Waals surface area contributed by atoms with Crippen molar-refractivity contribution in [2.24, 2.45) is 0 Å². The Morgan fingerprint density at radius 1 is 1.45 bits per heavy atom. The molecule has 5 heteroatoms. The molecule has 1 aromatic rings. The molecule has 1 aliphatic heterocycles. The molecule has 1 aromatic heterocycles. The second kappa shape index (κ2) is 7.74. The minimum Gasteiger partial charge on any atom is -0.357 e. The second-order valence-corrected chi connectivity index (χ2v) is 7.14. The number of hydrogen-bond acceptors (Lipinski definition) is 4. The molecule has 0 amide bonds. The molecule has 2 atom stereocenters. The van der Waals surface area contributed by atoms with Crippen molar-refractivity contribution in [1.29, 1.82) is 0 Å². The van der Waals surface area contributed by atoms with E-state index in [-0.39, 0.29) is 0 Å². The Bertz CT molecular complexity index is 418. The first-order valence-electron chi connectivity index (χ1n) is 7.37. The molecule has 0 bridgehead atoms. The maximum absolute atomic E-state index is 11.1. The molecule has 0 aliphatic carbocycles. The molecule has 1 N–H and O–H groups in total. The average Bonchev–Trinajstić information content (AvgIpc) is 2.47. The van der Waals surface area contributed by atoms with Gasteiger partial charge in [0.25, 0.3) is 0 Å². The number of hydrogen-bond donors (Lipinski definition) is 1. The lowest BCUT2D eigenvalue weighted by Gasteiger charge is -2.34. The van der Waals surface area contributed by atoms with Gasteiger partial charge in [0.15, 0.2) is 0 Å². The van der Waals surface area contributed by atoms with Crippen LogP contribution in [0.15, 0.2) is 24.4 Å². The standard InChI is InChI=1S/C15H25N3OS/c1-13(8-12-20(2)19)17-14-6-10-18(11-7-14)15-5-3-4-9-16-15/h3-5,9,13-14,17H,6-8,10-12H2,1-2H3. The zero-order valence-corrected chi connectivity index (χ0v) is 13.2. The molecule has 2 rings (SSSR count). The Balaban J connectivity index is 1.73. The lowest BCUT2D eigenvalue weighted by atomic mass is 10.0. The number of nitrogens with one attached hydrogen (secondary N) is 1. The van der Waals surface area contributed by atoms with Gasteiger partial charge >= 0.3 is 0 Å². The van der Waals surface area contributed by atoms with E-state index in [9.17, 15) is 4.21 Å². The van der Waals surface area contributed by atoms with Gasteiger partial charge in [-0.05, 0) is 38.3 Å². The molecule has 20 heavy (non-hydrogen) atoms. The van der Waals surface area contributed by atoms with Gasteiger partial charge in [-0.25, -0.2) is 4.98 Å². The Morgan fingerprint density at radius 3 is 2.80 bits per heavy atom. The van der Waals surface area contributed by atoms with Gasteiger partial charge in [0.05, 0.1) is 0 Å². The third-order valence-electron chi connectivity index (χ3n) is 3.83.